The van der Waals surface area contributed by atoms with E-state index in [1.165, 1.54) is 6.92 Å². The Morgan fingerprint density at radius 1 is 1.78 bits per heavy atom. The molecule has 9 heavy (non-hydrogen) atoms. The van der Waals surface area contributed by atoms with Crippen molar-refractivity contribution >= 4 is 5.97 Å². The quantitative estimate of drug-likeness (QED) is 0.490. The zero-order valence-electron chi connectivity index (χ0n) is 5.42. The van der Waals surface area contributed by atoms with Crippen LogP contribution in [0.4, 0.5) is 0 Å². The molecular formula is C6H10O3. The SMILES string of the molecule is CC(=O)O[C@H]1CCCO1. The average molecular weight is 130 g/mol. The first kappa shape index (κ1) is 6.55. The second-order valence-electron chi connectivity index (χ2n) is 2.05. The second-order valence-corrected chi connectivity index (χ2v) is 2.05. The monoisotopic (exact) mass is 130 g/mol. The molecule has 0 bridgehead atoms. The third-order valence-corrected chi connectivity index (χ3v) is 1.19. The molecule has 1 fully saturated rings. The molecule has 0 aromatic heterocycles. The molecule has 1 rings (SSSR count). The smallest absolute Gasteiger partial charge is 0.304 e. The minimum Gasteiger partial charge on any atom is -0.436 e. The fourth-order valence-electron chi connectivity index (χ4n) is 0.826. The summed E-state index contributed by atoms with van der Waals surface area (Å²) in [4.78, 5) is 10.3. The van der Waals surface area contributed by atoms with Gasteiger partial charge in [-0.05, 0) is 6.42 Å². The molecule has 1 saturated heterocycles. The van der Waals surface area contributed by atoms with Crippen molar-refractivity contribution in [3.8, 4) is 0 Å². The van der Waals surface area contributed by atoms with Gasteiger partial charge >= 0.3 is 5.97 Å². The van der Waals surface area contributed by atoms with Crippen molar-refractivity contribution in [2.45, 2.75) is 26.1 Å². The molecule has 0 saturated carbocycles. The van der Waals surface area contributed by atoms with Gasteiger partial charge in [-0.25, -0.2) is 0 Å². The van der Waals surface area contributed by atoms with E-state index in [0.29, 0.717) is 0 Å². The van der Waals surface area contributed by atoms with Crippen LogP contribution in [0.1, 0.15) is 19.8 Å². The fourth-order valence-corrected chi connectivity index (χ4v) is 0.826. The van der Waals surface area contributed by atoms with E-state index in [2.05, 4.69) is 0 Å². The van der Waals surface area contributed by atoms with Gasteiger partial charge in [0.1, 0.15) is 0 Å². The van der Waals surface area contributed by atoms with E-state index in [1.54, 1.807) is 0 Å². The van der Waals surface area contributed by atoms with E-state index in [0.717, 1.165) is 19.4 Å². The molecular weight excluding hydrogens is 120 g/mol. The highest BCUT2D eigenvalue weighted by Crippen LogP contribution is 2.12. The highest BCUT2D eigenvalue weighted by molar-refractivity contribution is 5.66. The minimum absolute atomic E-state index is 0.262. The average Bonchev–Trinajstić information content (AvgIpc) is 2.15. The van der Waals surface area contributed by atoms with Crippen LogP contribution in [0.3, 0.4) is 0 Å². The molecule has 0 spiro atoms. The Bertz CT molecular complexity index is 105. The van der Waals surface area contributed by atoms with E-state index in [9.17, 15) is 4.79 Å². The summed E-state index contributed by atoms with van der Waals surface area (Å²) in [5.74, 6) is -0.262. The van der Waals surface area contributed by atoms with Gasteiger partial charge in [0, 0.05) is 13.3 Å². The van der Waals surface area contributed by atoms with E-state index in [1.807, 2.05) is 0 Å². The molecule has 0 aliphatic carbocycles. The Labute approximate surface area is 53.9 Å². The molecule has 0 aromatic rings. The first-order valence-corrected chi connectivity index (χ1v) is 3.08. The maximum atomic E-state index is 10.3. The van der Waals surface area contributed by atoms with Gasteiger partial charge in [0.15, 0.2) is 0 Å². The van der Waals surface area contributed by atoms with Crippen molar-refractivity contribution in [1.29, 1.82) is 0 Å². The van der Waals surface area contributed by atoms with Gasteiger partial charge in [-0.2, -0.15) is 0 Å². The molecule has 0 N–H and O–H groups in total. The number of carbonyl (C=O) groups is 1. The van der Waals surface area contributed by atoms with E-state index >= 15 is 0 Å². The number of ether oxygens (including phenoxy) is 2. The van der Waals surface area contributed by atoms with Crippen LogP contribution in [0.25, 0.3) is 0 Å². The van der Waals surface area contributed by atoms with Crippen LogP contribution in [0, 0.1) is 0 Å². The van der Waals surface area contributed by atoms with Crippen LogP contribution in [0.15, 0.2) is 0 Å². The molecule has 0 unspecified atom stereocenters. The predicted octanol–water partition coefficient (Wildman–Crippen LogP) is 0.686. The zero-order chi connectivity index (χ0) is 6.69. The Balaban J connectivity index is 2.19. The molecule has 3 nitrogen and oxygen atoms in total. The maximum absolute atomic E-state index is 10.3. The van der Waals surface area contributed by atoms with Crippen molar-refractivity contribution in [3.63, 3.8) is 0 Å². The van der Waals surface area contributed by atoms with Crippen LogP contribution < -0.4 is 0 Å². The van der Waals surface area contributed by atoms with Gasteiger partial charge in [0.2, 0.25) is 6.29 Å². The molecule has 1 aliphatic heterocycles. The standard InChI is InChI=1S/C6H10O3/c1-5(7)9-6-3-2-4-8-6/h6H,2-4H2,1H3/t6-/m0/s1. The van der Waals surface area contributed by atoms with Crippen molar-refractivity contribution in [2.75, 3.05) is 6.61 Å². The predicted molar refractivity (Wildman–Crippen MR) is 30.7 cm³/mol. The first-order valence-electron chi connectivity index (χ1n) is 3.08. The molecule has 1 atom stereocenters. The van der Waals surface area contributed by atoms with Crippen LogP contribution in [0.5, 0.6) is 0 Å². The lowest BCUT2D eigenvalue weighted by Crippen LogP contribution is -2.13. The number of esters is 1. The molecule has 1 aliphatic rings. The zero-order valence-corrected chi connectivity index (χ0v) is 5.42. The Hall–Kier alpha value is -0.570. The van der Waals surface area contributed by atoms with Crippen LogP contribution >= 0.6 is 0 Å². The first-order chi connectivity index (χ1) is 4.29. The highest BCUT2D eigenvalue weighted by Gasteiger charge is 2.17. The van der Waals surface area contributed by atoms with Crippen molar-refractivity contribution in [2.24, 2.45) is 0 Å². The lowest BCUT2D eigenvalue weighted by molar-refractivity contribution is -0.166. The topological polar surface area (TPSA) is 35.5 Å². The summed E-state index contributed by atoms with van der Waals surface area (Å²) >= 11 is 0. The normalized spacial score (nSPS) is 26.1. The summed E-state index contributed by atoms with van der Waals surface area (Å²) < 4.78 is 9.77. The summed E-state index contributed by atoms with van der Waals surface area (Å²) in [7, 11) is 0. The molecule has 52 valence electrons. The van der Waals surface area contributed by atoms with Gasteiger partial charge in [-0.3, -0.25) is 4.79 Å². The van der Waals surface area contributed by atoms with Crippen LogP contribution in [-0.4, -0.2) is 18.9 Å². The molecule has 3 heteroatoms. The van der Waals surface area contributed by atoms with Crippen molar-refractivity contribution in [3.05, 3.63) is 0 Å². The van der Waals surface area contributed by atoms with Gasteiger partial charge in [-0.1, -0.05) is 0 Å². The third-order valence-electron chi connectivity index (χ3n) is 1.19. The van der Waals surface area contributed by atoms with Crippen LogP contribution in [-0.2, 0) is 14.3 Å². The van der Waals surface area contributed by atoms with Gasteiger partial charge in [-0.15, -0.1) is 0 Å². The fraction of sp³-hybridized carbons (Fsp3) is 0.833. The van der Waals surface area contributed by atoms with E-state index < -0.39 is 0 Å². The summed E-state index contributed by atoms with van der Waals surface area (Å²) in [6.45, 7) is 2.11. The van der Waals surface area contributed by atoms with Gasteiger partial charge in [0.05, 0.1) is 6.61 Å². The molecule has 0 amide bonds. The molecule has 1 heterocycles. The van der Waals surface area contributed by atoms with Crippen molar-refractivity contribution in [1.82, 2.24) is 0 Å². The Kier molecular flexibility index (Phi) is 2.05. The van der Waals surface area contributed by atoms with Crippen LogP contribution in [0.2, 0.25) is 0 Å². The highest BCUT2D eigenvalue weighted by atomic mass is 16.7. The number of carbonyl (C=O) groups excluding carboxylic acids is 1. The van der Waals surface area contributed by atoms with Gasteiger partial charge < -0.3 is 9.47 Å². The maximum Gasteiger partial charge on any atom is 0.304 e. The number of hydrogen-bond donors (Lipinski definition) is 0. The van der Waals surface area contributed by atoms with Gasteiger partial charge in [0.25, 0.3) is 0 Å². The number of hydrogen-bond acceptors (Lipinski definition) is 3. The Morgan fingerprint density at radius 2 is 2.56 bits per heavy atom. The molecule has 0 aromatic carbocycles. The number of rotatable bonds is 1. The summed E-state index contributed by atoms with van der Waals surface area (Å²) in [5, 5.41) is 0. The summed E-state index contributed by atoms with van der Waals surface area (Å²) in [5.41, 5.74) is 0. The lowest BCUT2D eigenvalue weighted by atomic mass is 10.4. The minimum atomic E-state index is -0.262. The van der Waals surface area contributed by atoms with E-state index in [4.69, 9.17) is 9.47 Å². The lowest BCUT2D eigenvalue weighted by Gasteiger charge is -2.07. The summed E-state index contributed by atoms with van der Waals surface area (Å²) in [6, 6.07) is 0. The Morgan fingerprint density at radius 3 is 3.00 bits per heavy atom. The largest absolute Gasteiger partial charge is 0.436 e. The van der Waals surface area contributed by atoms with E-state index in [-0.39, 0.29) is 12.3 Å². The van der Waals surface area contributed by atoms with Crippen molar-refractivity contribution < 1.29 is 14.3 Å². The second kappa shape index (κ2) is 2.82. The third kappa shape index (κ3) is 2.01. The summed E-state index contributed by atoms with van der Waals surface area (Å²) in [6.07, 6.45) is 1.58. The molecule has 0 radical (unpaired) electrons.